The van der Waals surface area contributed by atoms with Crippen LogP contribution in [0.15, 0.2) is 9.59 Å². The molecule has 12 heteroatoms. The lowest BCUT2D eigenvalue weighted by molar-refractivity contribution is -0.0528. The highest BCUT2D eigenvalue weighted by atomic mass is 16.6. The number of rotatable bonds is 4. The highest BCUT2D eigenvalue weighted by Crippen LogP contribution is 2.33. The third kappa shape index (κ3) is 2.34. The number of imidazole rings is 1. The Balaban J connectivity index is 1.96. The van der Waals surface area contributed by atoms with E-state index in [4.69, 9.17) is 16.3 Å². The molecule has 2 aromatic rings. The van der Waals surface area contributed by atoms with E-state index >= 15 is 0 Å². The number of nitrogens with two attached hydrogens (primary N) is 2. The highest BCUT2D eigenvalue weighted by Gasteiger charge is 2.45. The van der Waals surface area contributed by atoms with Crippen LogP contribution in [0.5, 0.6) is 0 Å². The van der Waals surface area contributed by atoms with Crippen molar-refractivity contribution in [1.29, 1.82) is 0 Å². The molecule has 4 atom stereocenters. The molecule has 2 aliphatic rings. The van der Waals surface area contributed by atoms with Gasteiger partial charge < -0.3 is 31.6 Å². The van der Waals surface area contributed by atoms with E-state index in [1.165, 1.54) is 4.57 Å². The van der Waals surface area contributed by atoms with E-state index in [1.54, 1.807) is 0 Å². The quantitative estimate of drug-likeness (QED) is 0.344. The van der Waals surface area contributed by atoms with Gasteiger partial charge in [0.1, 0.15) is 18.3 Å². The molecule has 0 amide bonds. The summed E-state index contributed by atoms with van der Waals surface area (Å²) in [7, 11) is 0. The molecular weight excluding hydrogens is 348 g/mol. The fraction of sp³-hybridized carbons (Fsp3) is 0.643. The summed E-state index contributed by atoms with van der Waals surface area (Å²) in [5.74, 6) is 5.56. The number of nitrogen functional groups attached to an aromatic ring is 2. The van der Waals surface area contributed by atoms with E-state index in [0.717, 1.165) is 17.4 Å². The van der Waals surface area contributed by atoms with E-state index in [9.17, 15) is 24.9 Å². The second-order valence-electron chi connectivity index (χ2n) is 6.75. The zero-order chi connectivity index (χ0) is 18.7. The van der Waals surface area contributed by atoms with Crippen molar-refractivity contribution in [3.63, 3.8) is 0 Å². The Kier molecular flexibility index (Phi) is 3.80. The first-order valence-electron chi connectivity index (χ1n) is 8.26. The monoisotopic (exact) mass is 368 g/mol. The number of hydrogen-bond acceptors (Lipinski definition) is 9. The van der Waals surface area contributed by atoms with Crippen molar-refractivity contribution in [2.45, 2.75) is 43.9 Å². The molecule has 0 radical (unpaired) electrons. The van der Waals surface area contributed by atoms with Crippen molar-refractivity contribution in [3.05, 3.63) is 20.8 Å². The molecule has 7 N–H and O–H groups in total. The molecule has 142 valence electrons. The Bertz CT molecular complexity index is 975. The molecule has 26 heavy (non-hydrogen) atoms. The van der Waals surface area contributed by atoms with Crippen LogP contribution in [0.4, 0.5) is 5.95 Å². The van der Waals surface area contributed by atoms with Gasteiger partial charge in [-0.05, 0) is 18.8 Å². The Morgan fingerprint density at radius 3 is 2.50 bits per heavy atom. The van der Waals surface area contributed by atoms with Crippen LogP contribution in [-0.2, 0) is 11.3 Å². The lowest BCUT2D eigenvalue weighted by Crippen LogP contribution is -2.36. The summed E-state index contributed by atoms with van der Waals surface area (Å²) in [6.07, 6.45) is -3.41. The van der Waals surface area contributed by atoms with Gasteiger partial charge in [0, 0.05) is 6.54 Å². The molecule has 3 heterocycles. The van der Waals surface area contributed by atoms with Gasteiger partial charge in [0.15, 0.2) is 17.4 Å². The first-order chi connectivity index (χ1) is 12.3. The molecule has 1 aliphatic heterocycles. The maximum absolute atomic E-state index is 13.0. The molecule has 0 unspecified atom stereocenters. The van der Waals surface area contributed by atoms with Crippen molar-refractivity contribution in [2.75, 3.05) is 18.2 Å². The highest BCUT2D eigenvalue weighted by molar-refractivity contribution is 5.72. The van der Waals surface area contributed by atoms with Crippen LogP contribution < -0.4 is 22.8 Å². The van der Waals surface area contributed by atoms with Gasteiger partial charge in [0.2, 0.25) is 5.95 Å². The zero-order valence-electron chi connectivity index (χ0n) is 13.7. The second-order valence-corrected chi connectivity index (χ2v) is 6.75. The van der Waals surface area contributed by atoms with E-state index in [0.29, 0.717) is 11.2 Å². The summed E-state index contributed by atoms with van der Waals surface area (Å²) in [4.78, 5) is 29.6. The molecule has 0 aromatic carbocycles. The standard InChI is InChI=1S/C14H20N6O6/c15-13-17-10-7(11(24)20(13)16)18(3-5-1-2-5)14(25)19(10)12-9(23)8(22)6(4-21)26-12/h5-6,8-9,12,21-23H,1-4,16H2,(H2,15,17)/t6-,8-,9+,12+/m0/s1. The largest absolute Gasteiger partial charge is 0.394 e. The van der Waals surface area contributed by atoms with Gasteiger partial charge in [-0.1, -0.05) is 0 Å². The van der Waals surface area contributed by atoms with Crippen LogP contribution in [0.1, 0.15) is 19.1 Å². The average Bonchev–Trinajstić information content (AvgIpc) is 3.34. The molecular formula is C14H20N6O6. The second kappa shape index (κ2) is 5.81. The van der Waals surface area contributed by atoms with Gasteiger partial charge >= 0.3 is 5.69 Å². The van der Waals surface area contributed by atoms with Crippen molar-refractivity contribution in [2.24, 2.45) is 5.92 Å². The minimum Gasteiger partial charge on any atom is -0.394 e. The third-order valence-electron chi connectivity index (χ3n) is 4.94. The van der Waals surface area contributed by atoms with Crippen molar-refractivity contribution in [3.8, 4) is 0 Å². The molecule has 1 saturated heterocycles. The smallest absolute Gasteiger partial charge is 0.332 e. The lowest BCUT2D eigenvalue weighted by atomic mass is 10.1. The number of fused-ring (bicyclic) bond motifs is 1. The fourth-order valence-electron chi connectivity index (χ4n) is 3.30. The summed E-state index contributed by atoms with van der Waals surface area (Å²) in [5, 5.41) is 29.5. The van der Waals surface area contributed by atoms with Crippen molar-refractivity contribution >= 4 is 17.1 Å². The van der Waals surface area contributed by atoms with Crippen LogP contribution in [0.3, 0.4) is 0 Å². The first-order valence-corrected chi connectivity index (χ1v) is 8.26. The van der Waals surface area contributed by atoms with Gasteiger partial charge in [-0.2, -0.15) is 9.66 Å². The van der Waals surface area contributed by atoms with Crippen molar-refractivity contribution < 1.29 is 20.1 Å². The molecule has 2 fully saturated rings. The Morgan fingerprint density at radius 2 is 1.92 bits per heavy atom. The molecule has 4 rings (SSSR count). The van der Waals surface area contributed by atoms with Gasteiger partial charge in [-0.3, -0.25) is 9.36 Å². The summed E-state index contributed by atoms with van der Waals surface area (Å²) >= 11 is 0. The molecule has 2 aromatic heterocycles. The number of anilines is 1. The third-order valence-corrected chi connectivity index (χ3v) is 4.94. The number of aromatic nitrogens is 4. The van der Waals surface area contributed by atoms with Crippen LogP contribution >= 0.6 is 0 Å². The number of aliphatic hydroxyl groups is 3. The van der Waals surface area contributed by atoms with Gasteiger partial charge in [-0.15, -0.1) is 0 Å². The number of nitrogens with zero attached hydrogens (tertiary/aromatic N) is 4. The fourth-order valence-corrected chi connectivity index (χ4v) is 3.30. The molecule has 1 saturated carbocycles. The Hall–Kier alpha value is -2.41. The Labute approximate surface area is 145 Å². The zero-order valence-corrected chi connectivity index (χ0v) is 13.7. The molecule has 0 bridgehead atoms. The van der Waals surface area contributed by atoms with E-state index < -0.39 is 42.4 Å². The lowest BCUT2D eigenvalue weighted by Gasteiger charge is -2.16. The van der Waals surface area contributed by atoms with Crippen LogP contribution in [-0.4, -0.2) is 59.0 Å². The maximum atomic E-state index is 13.0. The van der Waals surface area contributed by atoms with Crippen LogP contribution in [0.2, 0.25) is 0 Å². The number of aliphatic hydroxyl groups excluding tert-OH is 3. The minimum absolute atomic E-state index is 0.0451. The molecule has 1 aliphatic carbocycles. The van der Waals surface area contributed by atoms with E-state index in [2.05, 4.69) is 4.98 Å². The Morgan fingerprint density at radius 1 is 1.23 bits per heavy atom. The predicted octanol–water partition coefficient (Wildman–Crippen LogP) is -3.32. The predicted molar refractivity (Wildman–Crippen MR) is 88.5 cm³/mol. The SMILES string of the molecule is Nc1nc2c(c(=O)n1N)n(CC1CC1)c(=O)n2[C@@H]1O[C@@H](CO)[C@H](O)[C@H]1O. The number of ether oxygens (including phenoxy) is 1. The molecule has 12 nitrogen and oxygen atoms in total. The normalized spacial score (nSPS) is 28.9. The summed E-state index contributed by atoms with van der Waals surface area (Å²) in [6.45, 7) is -0.243. The topological polar surface area (TPSA) is 184 Å². The summed E-state index contributed by atoms with van der Waals surface area (Å²) in [6, 6.07) is 0. The number of hydrogen-bond donors (Lipinski definition) is 5. The summed E-state index contributed by atoms with van der Waals surface area (Å²) in [5.41, 5.74) is 4.19. The average molecular weight is 368 g/mol. The maximum Gasteiger partial charge on any atom is 0.332 e. The molecule has 0 spiro atoms. The van der Waals surface area contributed by atoms with E-state index in [1.807, 2.05) is 0 Å². The first kappa shape index (κ1) is 17.0. The van der Waals surface area contributed by atoms with Gasteiger partial charge in [-0.25, -0.2) is 9.36 Å². The van der Waals surface area contributed by atoms with Crippen LogP contribution in [0, 0.1) is 5.92 Å². The van der Waals surface area contributed by atoms with E-state index in [-0.39, 0.29) is 23.0 Å². The summed E-state index contributed by atoms with van der Waals surface area (Å²) < 4.78 is 8.31. The van der Waals surface area contributed by atoms with Gasteiger partial charge in [0.25, 0.3) is 5.56 Å². The van der Waals surface area contributed by atoms with Gasteiger partial charge in [0.05, 0.1) is 6.61 Å². The van der Waals surface area contributed by atoms with Crippen molar-refractivity contribution in [1.82, 2.24) is 18.8 Å². The minimum atomic E-state index is -1.49. The van der Waals surface area contributed by atoms with Crippen LogP contribution in [0.25, 0.3) is 11.2 Å².